The van der Waals surface area contributed by atoms with Gasteiger partial charge in [0.1, 0.15) is 0 Å². The molecule has 1 aromatic rings. The molecule has 0 saturated heterocycles. The van der Waals surface area contributed by atoms with E-state index in [9.17, 15) is 0 Å². The summed E-state index contributed by atoms with van der Waals surface area (Å²) in [5.41, 5.74) is 13.7. The Hall–Kier alpha value is -1.26. The molecular weight excluding hydrogens is 190 g/mol. The highest BCUT2D eigenvalue weighted by Gasteiger charge is 2.04. The standard InChI is InChI=1S/C11H19N3O/c1-2-14(5-6-15)8-9-3-4-10(12)11(13)7-9/h3-4,7,15H,2,5-6,8,12-13H2,1H3. The third-order valence-electron chi connectivity index (χ3n) is 2.42. The van der Waals surface area contributed by atoms with Crippen molar-refractivity contribution in [2.45, 2.75) is 13.5 Å². The highest BCUT2D eigenvalue weighted by atomic mass is 16.3. The Labute approximate surface area is 90.5 Å². The van der Waals surface area contributed by atoms with Crippen LogP contribution in [-0.2, 0) is 6.54 Å². The largest absolute Gasteiger partial charge is 0.397 e. The van der Waals surface area contributed by atoms with E-state index in [4.69, 9.17) is 16.6 Å². The Kier molecular flexibility index (Phi) is 4.39. The third-order valence-corrected chi connectivity index (χ3v) is 2.42. The summed E-state index contributed by atoms with van der Waals surface area (Å²) < 4.78 is 0. The van der Waals surface area contributed by atoms with Crippen molar-refractivity contribution in [1.29, 1.82) is 0 Å². The molecule has 4 nitrogen and oxygen atoms in total. The van der Waals surface area contributed by atoms with Crippen molar-refractivity contribution in [2.24, 2.45) is 0 Å². The van der Waals surface area contributed by atoms with Gasteiger partial charge in [0.15, 0.2) is 0 Å². The number of nitrogens with two attached hydrogens (primary N) is 2. The number of rotatable bonds is 5. The first kappa shape index (κ1) is 11.8. The lowest BCUT2D eigenvalue weighted by Gasteiger charge is -2.19. The molecule has 0 unspecified atom stereocenters. The first-order chi connectivity index (χ1) is 7.17. The summed E-state index contributed by atoms with van der Waals surface area (Å²) in [4.78, 5) is 2.14. The summed E-state index contributed by atoms with van der Waals surface area (Å²) in [6.45, 7) is 4.63. The minimum atomic E-state index is 0.179. The molecule has 4 heteroatoms. The third kappa shape index (κ3) is 3.42. The van der Waals surface area contributed by atoms with Crippen LogP contribution in [0.2, 0.25) is 0 Å². The van der Waals surface area contributed by atoms with Gasteiger partial charge in [-0.05, 0) is 24.2 Å². The van der Waals surface area contributed by atoms with Crippen LogP contribution in [0.4, 0.5) is 11.4 Å². The lowest BCUT2D eigenvalue weighted by atomic mass is 10.1. The Morgan fingerprint density at radius 2 is 2.00 bits per heavy atom. The molecule has 0 fully saturated rings. The van der Waals surface area contributed by atoms with Gasteiger partial charge in [-0.25, -0.2) is 0 Å². The summed E-state index contributed by atoms with van der Waals surface area (Å²) in [5, 5.41) is 8.86. The van der Waals surface area contributed by atoms with E-state index >= 15 is 0 Å². The molecule has 84 valence electrons. The fourth-order valence-corrected chi connectivity index (χ4v) is 1.47. The van der Waals surface area contributed by atoms with Crippen LogP contribution >= 0.6 is 0 Å². The number of hydrogen-bond donors (Lipinski definition) is 3. The number of likely N-dealkylation sites (N-methyl/N-ethyl adjacent to an activating group) is 1. The van der Waals surface area contributed by atoms with Crippen LogP contribution in [0.25, 0.3) is 0 Å². The average molecular weight is 209 g/mol. The highest BCUT2D eigenvalue weighted by molar-refractivity contribution is 5.63. The maximum atomic E-state index is 8.86. The number of nitrogens with zero attached hydrogens (tertiary/aromatic N) is 1. The molecule has 0 atom stereocenters. The minimum Gasteiger partial charge on any atom is -0.397 e. The summed E-state index contributed by atoms with van der Waals surface area (Å²) in [5.74, 6) is 0. The fourth-order valence-electron chi connectivity index (χ4n) is 1.47. The maximum Gasteiger partial charge on any atom is 0.0558 e. The van der Waals surface area contributed by atoms with E-state index in [1.807, 2.05) is 18.2 Å². The van der Waals surface area contributed by atoms with Gasteiger partial charge in [-0.2, -0.15) is 0 Å². The lowest BCUT2D eigenvalue weighted by Crippen LogP contribution is -2.26. The van der Waals surface area contributed by atoms with Crippen LogP contribution in [0.15, 0.2) is 18.2 Å². The van der Waals surface area contributed by atoms with Crippen molar-refractivity contribution in [2.75, 3.05) is 31.2 Å². The molecule has 0 aliphatic rings. The monoisotopic (exact) mass is 209 g/mol. The van der Waals surface area contributed by atoms with E-state index in [-0.39, 0.29) is 6.61 Å². The van der Waals surface area contributed by atoms with Crippen molar-refractivity contribution in [3.8, 4) is 0 Å². The van der Waals surface area contributed by atoms with Gasteiger partial charge in [0, 0.05) is 13.1 Å². The Bertz CT molecular complexity index is 315. The Balaban J connectivity index is 2.66. The molecule has 0 radical (unpaired) electrons. The van der Waals surface area contributed by atoms with Gasteiger partial charge in [0.2, 0.25) is 0 Å². The Morgan fingerprint density at radius 3 is 2.53 bits per heavy atom. The molecule has 0 spiro atoms. The van der Waals surface area contributed by atoms with E-state index in [2.05, 4.69) is 11.8 Å². The van der Waals surface area contributed by atoms with Crippen molar-refractivity contribution in [3.05, 3.63) is 23.8 Å². The number of nitrogen functional groups attached to an aromatic ring is 2. The van der Waals surface area contributed by atoms with Gasteiger partial charge in [0.05, 0.1) is 18.0 Å². The molecule has 1 aromatic carbocycles. The predicted octanol–water partition coefficient (Wildman–Crippen LogP) is 0.665. The van der Waals surface area contributed by atoms with Crippen LogP contribution in [0.5, 0.6) is 0 Å². The van der Waals surface area contributed by atoms with Crippen molar-refractivity contribution in [1.82, 2.24) is 4.90 Å². The molecule has 0 heterocycles. The number of aliphatic hydroxyl groups is 1. The summed E-state index contributed by atoms with van der Waals surface area (Å²) >= 11 is 0. The highest BCUT2D eigenvalue weighted by Crippen LogP contribution is 2.17. The molecule has 0 aliphatic heterocycles. The number of benzene rings is 1. The Morgan fingerprint density at radius 1 is 1.27 bits per heavy atom. The van der Waals surface area contributed by atoms with Crippen LogP contribution in [0.3, 0.4) is 0 Å². The van der Waals surface area contributed by atoms with Gasteiger partial charge in [0.25, 0.3) is 0 Å². The van der Waals surface area contributed by atoms with Crippen molar-refractivity contribution >= 4 is 11.4 Å². The van der Waals surface area contributed by atoms with Crippen molar-refractivity contribution in [3.63, 3.8) is 0 Å². The second kappa shape index (κ2) is 5.58. The van der Waals surface area contributed by atoms with Gasteiger partial charge in [-0.15, -0.1) is 0 Å². The zero-order valence-corrected chi connectivity index (χ0v) is 9.11. The van der Waals surface area contributed by atoms with Crippen molar-refractivity contribution < 1.29 is 5.11 Å². The van der Waals surface area contributed by atoms with Crippen LogP contribution in [0.1, 0.15) is 12.5 Å². The lowest BCUT2D eigenvalue weighted by molar-refractivity contribution is 0.197. The van der Waals surface area contributed by atoms with Crippen LogP contribution < -0.4 is 11.5 Å². The molecule has 0 bridgehead atoms. The molecule has 5 N–H and O–H groups in total. The zero-order chi connectivity index (χ0) is 11.3. The van der Waals surface area contributed by atoms with E-state index < -0.39 is 0 Å². The predicted molar refractivity (Wildman–Crippen MR) is 63.3 cm³/mol. The van der Waals surface area contributed by atoms with Crippen LogP contribution in [0, 0.1) is 0 Å². The fraction of sp³-hybridized carbons (Fsp3) is 0.455. The summed E-state index contributed by atoms with van der Waals surface area (Å²) in [7, 11) is 0. The second-order valence-electron chi connectivity index (χ2n) is 3.56. The molecule has 0 saturated carbocycles. The van der Waals surface area contributed by atoms with E-state index in [0.717, 1.165) is 18.7 Å². The molecule has 0 aromatic heterocycles. The smallest absolute Gasteiger partial charge is 0.0558 e. The molecule has 0 aliphatic carbocycles. The summed E-state index contributed by atoms with van der Waals surface area (Å²) in [6.07, 6.45) is 0. The average Bonchev–Trinajstić information content (AvgIpc) is 2.23. The zero-order valence-electron chi connectivity index (χ0n) is 9.11. The van der Waals surface area contributed by atoms with Gasteiger partial charge in [-0.1, -0.05) is 13.0 Å². The maximum absolute atomic E-state index is 8.86. The first-order valence-electron chi connectivity index (χ1n) is 5.14. The first-order valence-corrected chi connectivity index (χ1v) is 5.14. The molecule has 15 heavy (non-hydrogen) atoms. The van der Waals surface area contributed by atoms with E-state index in [0.29, 0.717) is 17.9 Å². The normalized spacial score (nSPS) is 10.9. The van der Waals surface area contributed by atoms with E-state index in [1.165, 1.54) is 0 Å². The van der Waals surface area contributed by atoms with Gasteiger partial charge in [-0.3, -0.25) is 4.90 Å². The number of hydrogen-bond acceptors (Lipinski definition) is 4. The number of aliphatic hydroxyl groups excluding tert-OH is 1. The topological polar surface area (TPSA) is 75.5 Å². The van der Waals surface area contributed by atoms with E-state index in [1.54, 1.807) is 0 Å². The molecular formula is C11H19N3O. The SMILES string of the molecule is CCN(CCO)Cc1ccc(N)c(N)c1. The summed E-state index contributed by atoms with van der Waals surface area (Å²) in [6, 6.07) is 5.67. The minimum absolute atomic E-state index is 0.179. The molecule has 1 rings (SSSR count). The quantitative estimate of drug-likeness (QED) is 0.623. The van der Waals surface area contributed by atoms with Gasteiger partial charge >= 0.3 is 0 Å². The second-order valence-corrected chi connectivity index (χ2v) is 3.56. The molecule has 0 amide bonds. The number of anilines is 2. The van der Waals surface area contributed by atoms with Crippen LogP contribution in [-0.4, -0.2) is 29.7 Å². The van der Waals surface area contributed by atoms with Gasteiger partial charge < -0.3 is 16.6 Å².